The molecule has 2 fully saturated rings. The summed E-state index contributed by atoms with van der Waals surface area (Å²) >= 11 is 0. The molecule has 0 aliphatic carbocycles. The van der Waals surface area contributed by atoms with E-state index in [9.17, 15) is 0 Å². The number of aryl methyl sites for hydroxylation is 1. The van der Waals surface area contributed by atoms with Gasteiger partial charge in [-0.2, -0.15) is 10.1 Å². The zero-order chi connectivity index (χ0) is 16.4. The third-order valence-electron chi connectivity index (χ3n) is 4.88. The van der Waals surface area contributed by atoms with Gasteiger partial charge in [-0.15, -0.1) is 0 Å². The smallest absolute Gasteiger partial charge is 0.261 e. The Kier molecular flexibility index (Phi) is 4.59. The molecule has 0 saturated carbocycles. The zero-order valence-corrected chi connectivity index (χ0v) is 14.0. The normalized spacial score (nSPS) is 23.6. The van der Waals surface area contributed by atoms with Gasteiger partial charge in [-0.1, -0.05) is 5.16 Å². The molecule has 24 heavy (non-hydrogen) atoms. The fourth-order valence-corrected chi connectivity index (χ4v) is 3.51. The van der Waals surface area contributed by atoms with Crippen molar-refractivity contribution in [1.29, 1.82) is 0 Å². The van der Waals surface area contributed by atoms with Gasteiger partial charge in [0.1, 0.15) is 0 Å². The van der Waals surface area contributed by atoms with E-state index in [1.165, 1.54) is 12.8 Å². The number of piperidine rings is 1. The molecule has 0 amide bonds. The fourth-order valence-electron chi connectivity index (χ4n) is 3.51. The van der Waals surface area contributed by atoms with E-state index in [2.05, 4.69) is 25.5 Å². The summed E-state index contributed by atoms with van der Waals surface area (Å²) in [6.07, 6.45) is 6.08. The van der Waals surface area contributed by atoms with Crippen molar-refractivity contribution in [3.63, 3.8) is 0 Å². The second-order valence-electron chi connectivity index (χ2n) is 6.64. The molecule has 4 heterocycles. The van der Waals surface area contributed by atoms with Crippen LogP contribution in [0.5, 0.6) is 0 Å². The van der Waals surface area contributed by atoms with Crippen molar-refractivity contribution < 1.29 is 9.26 Å². The number of rotatable bonds is 4. The van der Waals surface area contributed by atoms with Crippen LogP contribution >= 0.6 is 0 Å². The summed E-state index contributed by atoms with van der Waals surface area (Å²) < 4.78 is 12.9. The van der Waals surface area contributed by atoms with E-state index in [0.717, 1.165) is 44.3 Å². The van der Waals surface area contributed by atoms with Crippen LogP contribution in [0.4, 0.5) is 0 Å². The van der Waals surface area contributed by atoms with E-state index in [0.29, 0.717) is 18.3 Å². The molecule has 2 aromatic heterocycles. The molecular weight excluding hydrogens is 308 g/mol. The van der Waals surface area contributed by atoms with Gasteiger partial charge in [-0.25, -0.2) is 0 Å². The van der Waals surface area contributed by atoms with E-state index in [1.807, 2.05) is 13.2 Å². The lowest BCUT2D eigenvalue weighted by Crippen LogP contribution is -2.44. The number of hydrogen-bond acceptors (Lipinski definition) is 7. The average molecular weight is 332 g/mol. The van der Waals surface area contributed by atoms with E-state index >= 15 is 0 Å². The SMILES string of the molecule is Cn1cc(-c2nc(C3COCCN3CC3CCNCC3)no2)cn1. The standard InChI is InChI=1S/C16H24N6O2/c1-21-10-13(8-18-21)16-19-15(20-24-16)14-11-23-7-6-22(14)9-12-2-4-17-5-3-12/h8,10,12,14,17H,2-7,9,11H2,1H3. The van der Waals surface area contributed by atoms with Crippen LogP contribution in [0.1, 0.15) is 24.7 Å². The molecule has 2 aliphatic rings. The van der Waals surface area contributed by atoms with Crippen molar-refractivity contribution in [3.05, 3.63) is 18.2 Å². The lowest BCUT2D eigenvalue weighted by Gasteiger charge is -2.37. The summed E-state index contributed by atoms with van der Waals surface area (Å²) in [7, 11) is 1.87. The van der Waals surface area contributed by atoms with Crippen LogP contribution in [0, 0.1) is 5.92 Å². The van der Waals surface area contributed by atoms with Gasteiger partial charge in [0.25, 0.3) is 5.89 Å². The van der Waals surface area contributed by atoms with E-state index in [-0.39, 0.29) is 6.04 Å². The van der Waals surface area contributed by atoms with E-state index in [4.69, 9.17) is 9.26 Å². The number of morpholine rings is 1. The largest absolute Gasteiger partial charge is 0.378 e. The van der Waals surface area contributed by atoms with E-state index < -0.39 is 0 Å². The highest BCUT2D eigenvalue weighted by Gasteiger charge is 2.31. The molecule has 0 spiro atoms. The van der Waals surface area contributed by atoms with Crippen molar-refractivity contribution in [2.45, 2.75) is 18.9 Å². The van der Waals surface area contributed by atoms with E-state index in [1.54, 1.807) is 10.9 Å². The predicted molar refractivity (Wildman–Crippen MR) is 87.2 cm³/mol. The quantitative estimate of drug-likeness (QED) is 0.888. The zero-order valence-electron chi connectivity index (χ0n) is 14.0. The van der Waals surface area contributed by atoms with Gasteiger partial charge < -0.3 is 14.6 Å². The highest BCUT2D eigenvalue weighted by Crippen LogP contribution is 2.27. The summed E-state index contributed by atoms with van der Waals surface area (Å²) in [5.74, 6) is 1.96. The Morgan fingerprint density at radius 1 is 1.33 bits per heavy atom. The topological polar surface area (TPSA) is 81.2 Å². The van der Waals surface area contributed by atoms with Gasteiger partial charge in [0.2, 0.25) is 0 Å². The van der Waals surface area contributed by atoms with Crippen LogP contribution in [-0.2, 0) is 11.8 Å². The van der Waals surface area contributed by atoms with Crippen molar-refractivity contribution in [2.75, 3.05) is 39.4 Å². The molecule has 0 bridgehead atoms. The molecule has 4 rings (SSSR count). The van der Waals surface area contributed by atoms with Crippen LogP contribution in [0.3, 0.4) is 0 Å². The monoisotopic (exact) mass is 332 g/mol. The summed E-state index contributed by atoms with van der Waals surface area (Å²) in [6.45, 7) is 5.63. The molecule has 2 aliphatic heterocycles. The second kappa shape index (κ2) is 7.00. The van der Waals surface area contributed by atoms with Crippen molar-refractivity contribution in [1.82, 2.24) is 30.1 Å². The maximum Gasteiger partial charge on any atom is 0.261 e. The third kappa shape index (κ3) is 3.35. The van der Waals surface area contributed by atoms with Crippen LogP contribution in [-0.4, -0.2) is 64.2 Å². The maximum atomic E-state index is 5.68. The summed E-state index contributed by atoms with van der Waals surface area (Å²) in [5.41, 5.74) is 0.845. The predicted octanol–water partition coefficient (Wildman–Crippen LogP) is 0.843. The van der Waals surface area contributed by atoms with Crippen LogP contribution in [0.25, 0.3) is 11.5 Å². The molecule has 1 unspecified atom stereocenters. The van der Waals surface area contributed by atoms with Crippen molar-refractivity contribution in [3.8, 4) is 11.5 Å². The number of ether oxygens (including phenoxy) is 1. The van der Waals surface area contributed by atoms with Gasteiger partial charge in [0.05, 0.1) is 31.0 Å². The summed E-state index contributed by atoms with van der Waals surface area (Å²) in [4.78, 5) is 7.05. The van der Waals surface area contributed by atoms with Crippen LogP contribution in [0.15, 0.2) is 16.9 Å². The molecule has 8 heteroatoms. The number of nitrogens with zero attached hydrogens (tertiary/aromatic N) is 5. The number of aromatic nitrogens is 4. The highest BCUT2D eigenvalue weighted by molar-refractivity contribution is 5.49. The minimum atomic E-state index is 0.0720. The first-order valence-corrected chi connectivity index (χ1v) is 8.65. The summed E-state index contributed by atoms with van der Waals surface area (Å²) in [6, 6.07) is 0.0720. The Labute approximate surface area is 141 Å². The minimum Gasteiger partial charge on any atom is -0.378 e. The molecule has 1 N–H and O–H groups in total. The molecule has 0 aromatic carbocycles. The number of nitrogens with one attached hydrogen (secondary N) is 1. The Bertz CT molecular complexity index is 663. The Morgan fingerprint density at radius 2 is 2.21 bits per heavy atom. The molecule has 8 nitrogen and oxygen atoms in total. The molecule has 0 radical (unpaired) electrons. The third-order valence-corrected chi connectivity index (χ3v) is 4.88. The minimum absolute atomic E-state index is 0.0720. The lowest BCUT2D eigenvalue weighted by atomic mass is 9.96. The molecular formula is C16H24N6O2. The molecule has 2 aromatic rings. The van der Waals surface area contributed by atoms with Gasteiger partial charge in [0, 0.05) is 26.3 Å². The van der Waals surface area contributed by atoms with Gasteiger partial charge in [0.15, 0.2) is 5.82 Å². The van der Waals surface area contributed by atoms with Gasteiger partial charge >= 0.3 is 0 Å². The lowest BCUT2D eigenvalue weighted by molar-refractivity contribution is -0.0210. The fraction of sp³-hybridized carbons (Fsp3) is 0.688. The van der Waals surface area contributed by atoms with Gasteiger partial charge in [-0.05, 0) is 31.8 Å². The summed E-state index contributed by atoms with van der Waals surface area (Å²) in [5, 5.41) is 11.8. The first-order chi connectivity index (χ1) is 11.8. The Balaban J connectivity index is 1.49. The molecule has 1 atom stereocenters. The van der Waals surface area contributed by atoms with Crippen LogP contribution in [0.2, 0.25) is 0 Å². The van der Waals surface area contributed by atoms with Crippen molar-refractivity contribution >= 4 is 0 Å². The van der Waals surface area contributed by atoms with Gasteiger partial charge in [-0.3, -0.25) is 9.58 Å². The second-order valence-corrected chi connectivity index (χ2v) is 6.64. The molecule has 130 valence electrons. The first-order valence-electron chi connectivity index (χ1n) is 8.65. The average Bonchev–Trinajstić information content (AvgIpc) is 3.25. The van der Waals surface area contributed by atoms with Crippen molar-refractivity contribution in [2.24, 2.45) is 13.0 Å². The first kappa shape index (κ1) is 15.7. The number of hydrogen-bond donors (Lipinski definition) is 1. The Hall–Kier alpha value is -1.77. The Morgan fingerprint density at radius 3 is 3.00 bits per heavy atom. The molecule has 2 saturated heterocycles. The maximum absolute atomic E-state index is 5.68. The van der Waals surface area contributed by atoms with Crippen LogP contribution < -0.4 is 5.32 Å². The highest BCUT2D eigenvalue weighted by atomic mass is 16.5.